The molecule has 2 aromatic carbocycles. The van der Waals surface area contributed by atoms with Crippen LogP contribution >= 0.6 is 31.9 Å². The Morgan fingerprint density at radius 1 is 1.14 bits per heavy atom. The van der Waals surface area contributed by atoms with Crippen LogP contribution in [0, 0.1) is 17.8 Å². The molecule has 28 heavy (non-hydrogen) atoms. The fourth-order valence-corrected chi connectivity index (χ4v) is 3.61. The summed E-state index contributed by atoms with van der Waals surface area (Å²) in [6, 6.07) is 15.0. The first-order valence-electron chi connectivity index (χ1n) is 8.70. The molecular weight excluding hydrogens is 488 g/mol. The number of nitrogens with one attached hydrogen (secondary N) is 1. The van der Waals surface area contributed by atoms with E-state index in [1.807, 2.05) is 48.5 Å². The quantitative estimate of drug-likeness (QED) is 0.629. The van der Waals surface area contributed by atoms with Gasteiger partial charge in [0.2, 0.25) is 11.8 Å². The van der Waals surface area contributed by atoms with Crippen molar-refractivity contribution in [1.82, 2.24) is 5.32 Å². The molecule has 0 saturated carbocycles. The molecule has 1 saturated heterocycles. The van der Waals surface area contributed by atoms with Gasteiger partial charge in [0.1, 0.15) is 12.4 Å². The maximum Gasteiger partial charge on any atom is 0.227 e. The van der Waals surface area contributed by atoms with Crippen LogP contribution in [0.4, 0.5) is 5.69 Å². The number of amides is 2. The van der Waals surface area contributed by atoms with E-state index in [-0.39, 0.29) is 37.3 Å². The summed E-state index contributed by atoms with van der Waals surface area (Å²) in [6.07, 6.45) is 0.206. The molecule has 144 valence electrons. The van der Waals surface area contributed by atoms with Gasteiger partial charge in [-0.2, -0.15) is 0 Å². The van der Waals surface area contributed by atoms with Gasteiger partial charge >= 0.3 is 0 Å². The van der Waals surface area contributed by atoms with Gasteiger partial charge < -0.3 is 15.0 Å². The van der Waals surface area contributed by atoms with Crippen LogP contribution < -0.4 is 15.0 Å². The molecule has 7 heteroatoms. The summed E-state index contributed by atoms with van der Waals surface area (Å²) in [6.45, 7) is 0.841. The van der Waals surface area contributed by atoms with E-state index in [1.165, 1.54) is 0 Å². The van der Waals surface area contributed by atoms with Crippen molar-refractivity contribution < 1.29 is 14.3 Å². The van der Waals surface area contributed by atoms with Crippen molar-refractivity contribution in [3.63, 3.8) is 0 Å². The van der Waals surface area contributed by atoms with E-state index >= 15 is 0 Å². The molecule has 1 atom stereocenters. The largest absolute Gasteiger partial charge is 0.481 e. The molecular formula is C21H18Br2N2O3. The molecule has 5 nitrogen and oxygen atoms in total. The van der Waals surface area contributed by atoms with Crippen LogP contribution in [0.5, 0.6) is 5.75 Å². The number of nitrogens with zero attached hydrogens (tertiary/aromatic N) is 1. The van der Waals surface area contributed by atoms with Crippen LogP contribution in [0.25, 0.3) is 0 Å². The standard InChI is InChI=1S/C21H18Br2N2O3/c22-16-5-3-7-18(12-16)25-14-15(11-20(25)26)21(27)24-9-1-2-10-28-19-8-4-6-17(23)13-19/h3-8,12-13,15H,9-11,14H2,(H,24,27). The van der Waals surface area contributed by atoms with Gasteiger partial charge in [0.25, 0.3) is 0 Å². The van der Waals surface area contributed by atoms with Gasteiger partial charge in [-0.05, 0) is 36.4 Å². The zero-order valence-corrected chi connectivity index (χ0v) is 18.1. The van der Waals surface area contributed by atoms with E-state index in [9.17, 15) is 9.59 Å². The second kappa shape index (κ2) is 9.76. The smallest absolute Gasteiger partial charge is 0.227 e. The van der Waals surface area contributed by atoms with Crippen LogP contribution in [0.2, 0.25) is 0 Å². The van der Waals surface area contributed by atoms with Gasteiger partial charge in [0, 0.05) is 27.6 Å². The zero-order valence-electron chi connectivity index (χ0n) is 15.0. The number of benzene rings is 2. The SMILES string of the molecule is O=C(NCC#CCOc1cccc(Br)c1)C1CC(=O)N(c2cccc(Br)c2)C1. The fraction of sp³-hybridized carbons (Fsp3) is 0.238. The molecule has 1 N–H and O–H groups in total. The molecule has 1 unspecified atom stereocenters. The fourth-order valence-electron chi connectivity index (χ4n) is 2.84. The molecule has 2 aromatic rings. The zero-order chi connectivity index (χ0) is 19.9. The first-order chi connectivity index (χ1) is 13.5. The highest BCUT2D eigenvalue weighted by atomic mass is 79.9. The third kappa shape index (κ3) is 5.60. The topological polar surface area (TPSA) is 58.6 Å². The number of hydrogen-bond donors (Lipinski definition) is 1. The van der Waals surface area contributed by atoms with Crippen molar-refractivity contribution in [2.24, 2.45) is 5.92 Å². The van der Waals surface area contributed by atoms with E-state index in [0.29, 0.717) is 6.54 Å². The number of anilines is 1. The summed E-state index contributed by atoms with van der Waals surface area (Å²) in [4.78, 5) is 26.2. The summed E-state index contributed by atoms with van der Waals surface area (Å²) in [5, 5.41) is 2.77. The van der Waals surface area contributed by atoms with Gasteiger partial charge in [-0.15, -0.1) is 0 Å². The predicted octanol–water partition coefficient (Wildman–Crippen LogP) is 3.76. The van der Waals surface area contributed by atoms with Crippen LogP contribution in [-0.2, 0) is 9.59 Å². The molecule has 0 radical (unpaired) electrons. The summed E-state index contributed by atoms with van der Waals surface area (Å²) in [5.74, 6) is 5.88. The second-order valence-corrected chi connectivity index (χ2v) is 8.03. The Morgan fingerprint density at radius 2 is 1.89 bits per heavy atom. The Balaban J connectivity index is 1.44. The Labute approximate surface area is 180 Å². The number of carbonyl (C=O) groups excluding carboxylic acids is 2. The minimum atomic E-state index is -0.369. The van der Waals surface area contributed by atoms with Crippen LogP contribution in [0.1, 0.15) is 6.42 Å². The van der Waals surface area contributed by atoms with E-state index < -0.39 is 0 Å². The third-order valence-corrected chi connectivity index (χ3v) is 5.19. The minimum absolute atomic E-state index is 0.0493. The maximum atomic E-state index is 12.3. The number of ether oxygens (including phenoxy) is 1. The Morgan fingerprint density at radius 3 is 2.64 bits per heavy atom. The lowest BCUT2D eigenvalue weighted by atomic mass is 10.1. The van der Waals surface area contributed by atoms with Crippen molar-refractivity contribution in [1.29, 1.82) is 0 Å². The van der Waals surface area contributed by atoms with Gasteiger partial charge in [-0.3, -0.25) is 9.59 Å². The van der Waals surface area contributed by atoms with E-state index in [4.69, 9.17) is 4.74 Å². The second-order valence-electron chi connectivity index (χ2n) is 6.20. The molecule has 0 bridgehead atoms. The van der Waals surface area contributed by atoms with Gasteiger partial charge in [0.05, 0.1) is 12.5 Å². The van der Waals surface area contributed by atoms with Gasteiger partial charge in [-0.25, -0.2) is 0 Å². The first-order valence-corrected chi connectivity index (χ1v) is 10.3. The van der Waals surface area contributed by atoms with Crippen molar-refractivity contribution in [2.45, 2.75) is 6.42 Å². The van der Waals surface area contributed by atoms with Gasteiger partial charge in [0.15, 0.2) is 0 Å². The van der Waals surface area contributed by atoms with E-state index in [0.717, 1.165) is 20.4 Å². The van der Waals surface area contributed by atoms with Crippen molar-refractivity contribution >= 4 is 49.4 Å². The van der Waals surface area contributed by atoms with E-state index in [1.54, 1.807) is 4.90 Å². The molecule has 1 aliphatic rings. The Bertz CT molecular complexity index is 936. The average molecular weight is 506 g/mol. The highest BCUT2D eigenvalue weighted by molar-refractivity contribution is 9.10. The molecule has 0 aromatic heterocycles. The average Bonchev–Trinajstić information content (AvgIpc) is 3.06. The summed E-state index contributed by atoms with van der Waals surface area (Å²) < 4.78 is 7.34. The van der Waals surface area contributed by atoms with Crippen LogP contribution in [-0.4, -0.2) is 31.5 Å². The molecule has 0 spiro atoms. The molecule has 0 aliphatic carbocycles. The monoisotopic (exact) mass is 504 g/mol. The lowest BCUT2D eigenvalue weighted by Gasteiger charge is -2.16. The lowest BCUT2D eigenvalue weighted by Crippen LogP contribution is -2.33. The molecule has 1 heterocycles. The minimum Gasteiger partial charge on any atom is -0.481 e. The highest BCUT2D eigenvalue weighted by Gasteiger charge is 2.34. The Hall–Kier alpha value is -2.30. The van der Waals surface area contributed by atoms with Crippen molar-refractivity contribution in [3.05, 3.63) is 57.5 Å². The Kier molecular flexibility index (Phi) is 7.12. The summed E-state index contributed by atoms with van der Waals surface area (Å²) in [5.41, 5.74) is 0.791. The normalized spacial score (nSPS) is 15.7. The van der Waals surface area contributed by atoms with Crippen LogP contribution in [0.15, 0.2) is 57.5 Å². The molecule has 3 rings (SSSR count). The van der Waals surface area contributed by atoms with Crippen LogP contribution in [0.3, 0.4) is 0 Å². The van der Waals surface area contributed by atoms with Gasteiger partial charge in [-0.1, -0.05) is 55.8 Å². The number of hydrogen-bond acceptors (Lipinski definition) is 3. The maximum absolute atomic E-state index is 12.3. The summed E-state index contributed by atoms with van der Waals surface area (Å²) in [7, 11) is 0. The lowest BCUT2D eigenvalue weighted by molar-refractivity contribution is -0.126. The predicted molar refractivity (Wildman–Crippen MR) is 115 cm³/mol. The van der Waals surface area contributed by atoms with Crippen molar-refractivity contribution in [3.8, 4) is 17.6 Å². The summed E-state index contributed by atoms with van der Waals surface area (Å²) >= 11 is 6.78. The van der Waals surface area contributed by atoms with E-state index in [2.05, 4.69) is 49.0 Å². The number of carbonyl (C=O) groups is 2. The third-order valence-electron chi connectivity index (χ3n) is 4.20. The first kappa shape index (κ1) is 20.4. The number of rotatable bonds is 5. The van der Waals surface area contributed by atoms with Crippen molar-refractivity contribution in [2.75, 3.05) is 24.6 Å². The molecule has 1 aliphatic heterocycles. The molecule has 2 amide bonds. The highest BCUT2D eigenvalue weighted by Crippen LogP contribution is 2.27. The number of halogens is 2. The molecule has 1 fully saturated rings.